The van der Waals surface area contributed by atoms with E-state index in [1.807, 2.05) is 79.5 Å². The van der Waals surface area contributed by atoms with E-state index in [-0.39, 0.29) is 18.5 Å². The highest BCUT2D eigenvalue weighted by atomic mass is 16.5. The van der Waals surface area contributed by atoms with E-state index < -0.39 is 0 Å². The molecule has 0 unspecified atom stereocenters. The number of ether oxygens (including phenoxy) is 1. The van der Waals surface area contributed by atoms with Crippen LogP contribution in [0.4, 0.5) is 10.5 Å². The minimum atomic E-state index is -0.258. The van der Waals surface area contributed by atoms with Crippen LogP contribution >= 0.6 is 0 Å². The molecule has 4 aromatic rings. The fourth-order valence-corrected chi connectivity index (χ4v) is 4.72. The molecule has 4 rings (SSSR count). The van der Waals surface area contributed by atoms with Gasteiger partial charge < -0.3 is 24.8 Å². The van der Waals surface area contributed by atoms with Gasteiger partial charge in [-0.2, -0.15) is 0 Å². The summed E-state index contributed by atoms with van der Waals surface area (Å²) >= 11 is 0. The topological polar surface area (TPSA) is 77.7 Å². The fraction of sp³-hybridized carbons (Fsp3) is 0.333. The number of benzene rings is 3. The molecule has 0 atom stereocenters. The van der Waals surface area contributed by atoms with Gasteiger partial charge in [0.1, 0.15) is 12.3 Å². The average Bonchev–Trinajstić information content (AvgIpc) is 3.38. The second-order valence-electron chi connectivity index (χ2n) is 10.3. The van der Waals surface area contributed by atoms with Gasteiger partial charge in [-0.1, -0.05) is 49.7 Å². The molecule has 3 amide bonds. The Morgan fingerprint density at radius 2 is 1.70 bits per heavy atom. The highest BCUT2D eigenvalue weighted by Crippen LogP contribution is 2.20. The number of aromatic nitrogens is 1. The maximum Gasteiger partial charge on any atom is 0.322 e. The number of carbonyl (C=O) groups is 2. The Morgan fingerprint density at radius 3 is 2.42 bits per heavy atom. The van der Waals surface area contributed by atoms with Crippen molar-refractivity contribution >= 4 is 28.5 Å². The predicted octanol–water partition coefficient (Wildman–Crippen LogP) is 6.70. The third kappa shape index (κ3) is 7.44. The number of nitrogens with zero attached hydrogens (tertiary/aromatic N) is 2. The lowest BCUT2D eigenvalue weighted by Crippen LogP contribution is -2.45. The number of nitrogens with one attached hydrogen (secondary N) is 2. The Morgan fingerprint density at radius 1 is 0.925 bits per heavy atom. The van der Waals surface area contributed by atoms with E-state index in [9.17, 15) is 9.59 Å². The van der Waals surface area contributed by atoms with E-state index in [2.05, 4.69) is 29.4 Å². The summed E-state index contributed by atoms with van der Waals surface area (Å²) in [5.74, 6) is 0.691. The lowest BCUT2D eigenvalue weighted by Gasteiger charge is -2.28. The van der Waals surface area contributed by atoms with Crippen LogP contribution in [0, 0.1) is 13.8 Å². The Hall–Kier alpha value is -4.26. The van der Waals surface area contributed by atoms with Gasteiger partial charge in [0.15, 0.2) is 0 Å². The number of hydrogen-bond donors (Lipinski definition) is 2. The number of rotatable bonds is 12. The van der Waals surface area contributed by atoms with Crippen molar-refractivity contribution in [3.8, 4) is 5.75 Å². The van der Waals surface area contributed by atoms with Gasteiger partial charge in [-0.15, -0.1) is 0 Å². The van der Waals surface area contributed by atoms with Crippen molar-refractivity contribution in [2.45, 2.75) is 46.6 Å². The number of para-hydroxylation sites is 1. The summed E-state index contributed by atoms with van der Waals surface area (Å²) in [6.45, 7) is 7.66. The Labute approximate surface area is 237 Å². The molecule has 210 valence electrons. The van der Waals surface area contributed by atoms with Crippen LogP contribution in [0.5, 0.6) is 5.75 Å². The first-order valence-electron chi connectivity index (χ1n) is 14.0. The maximum absolute atomic E-state index is 13.8. The SMILES string of the molecule is CCCCN(CC(=O)N(CCc1c[nH]c2ccccc12)Cc1ccc(OC)cc1)C(=O)Nc1ccc(C)c(C)c1. The van der Waals surface area contributed by atoms with E-state index in [1.165, 1.54) is 11.1 Å². The Bertz CT molecular complexity index is 1430. The van der Waals surface area contributed by atoms with Crippen LogP contribution in [0.25, 0.3) is 10.9 Å². The van der Waals surface area contributed by atoms with Crippen LogP contribution in [0.2, 0.25) is 0 Å². The number of aromatic amines is 1. The van der Waals surface area contributed by atoms with E-state index in [0.29, 0.717) is 26.1 Å². The monoisotopic (exact) mass is 540 g/mol. The quantitative estimate of drug-likeness (QED) is 0.210. The first-order chi connectivity index (χ1) is 19.4. The van der Waals surface area contributed by atoms with Gasteiger partial charge in [0.05, 0.1) is 7.11 Å². The fourth-order valence-electron chi connectivity index (χ4n) is 4.72. The molecule has 0 saturated heterocycles. The molecule has 0 radical (unpaired) electrons. The number of anilines is 1. The number of methoxy groups -OCH3 is 1. The van der Waals surface area contributed by atoms with Gasteiger partial charge in [-0.05, 0) is 79.3 Å². The van der Waals surface area contributed by atoms with Crippen molar-refractivity contribution in [3.63, 3.8) is 0 Å². The maximum atomic E-state index is 13.8. The van der Waals surface area contributed by atoms with Crippen LogP contribution in [0.15, 0.2) is 72.9 Å². The van der Waals surface area contributed by atoms with Gasteiger partial charge in [0, 0.05) is 42.4 Å². The number of unbranched alkanes of at least 4 members (excludes halogenated alkanes) is 1. The lowest BCUT2D eigenvalue weighted by atomic mass is 10.1. The number of fused-ring (bicyclic) bond motifs is 1. The van der Waals surface area contributed by atoms with Gasteiger partial charge in [0.25, 0.3) is 0 Å². The number of amides is 3. The lowest BCUT2D eigenvalue weighted by molar-refractivity contribution is -0.132. The summed E-state index contributed by atoms with van der Waals surface area (Å²) in [4.78, 5) is 33.9. The zero-order valence-electron chi connectivity index (χ0n) is 24.0. The first-order valence-corrected chi connectivity index (χ1v) is 14.0. The van der Waals surface area contributed by atoms with Crippen molar-refractivity contribution < 1.29 is 14.3 Å². The minimum Gasteiger partial charge on any atom is -0.497 e. The molecule has 0 fully saturated rings. The van der Waals surface area contributed by atoms with Crippen LogP contribution in [-0.4, -0.2) is 53.5 Å². The highest BCUT2D eigenvalue weighted by Gasteiger charge is 2.22. The summed E-state index contributed by atoms with van der Waals surface area (Å²) in [5, 5.41) is 4.16. The van der Waals surface area contributed by atoms with Crippen LogP contribution < -0.4 is 10.1 Å². The highest BCUT2D eigenvalue weighted by molar-refractivity contribution is 5.92. The zero-order valence-corrected chi connectivity index (χ0v) is 24.0. The van der Waals surface area contributed by atoms with E-state index in [4.69, 9.17) is 4.74 Å². The number of urea groups is 1. The summed E-state index contributed by atoms with van der Waals surface area (Å²) in [6.07, 6.45) is 4.47. The largest absolute Gasteiger partial charge is 0.497 e. The molecular weight excluding hydrogens is 500 g/mol. The van der Waals surface area contributed by atoms with Crippen LogP contribution in [0.3, 0.4) is 0 Å². The summed E-state index contributed by atoms with van der Waals surface area (Å²) in [5.41, 5.74) is 6.26. The molecule has 2 N–H and O–H groups in total. The predicted molar refractivity (Wildman–Crippen MR) is 162 cm³/mol. The zero-order chi connectivity index (χ0) is 28.5. The number of H-pyrrole nitrogens is 1. The molecule has 0 aliphatic rings. The van der Waals surface area contributed by atoms with Crippen molar-refractivity contribution in [2.75, 3.05) is 32.1 Å². The molecule has 0 saturated carbocycles. The van der Waals surface area contributed by atoms with Crippen molar-refractivity contribution in [1.29, 1.82) is 0 Å². The van der Waals surface area contributed by atoms with Gasteiger partial charge in [-0.25, -0.2) is 4.79 Å². The second-order valence-corrected chi connectivity index (χ2v) is 10.3. The smallest absolute Gasteiger partial charge is 0.322 e. The Balaban J connectivity index is 1.51. The van der Waals surface area contributed by atoms with Crippen molar-refractivity contribution in [2.24, 2.45) is 0 Å². The van der Waals surface area contributed by atoms with Crippen LogP contribution in [0.1, 0.15) is 42.0 Å². The number of aryl methyl sites for hydroxylation is 2. The number of hydrogen-bond acceptors (Lipinski definition) is 3. The van der Waals surface area contributed by atoms with Gasteiger partial charge in [0.2, 0.25) is 5.91 Å². The molecule has 0 spiro atoms. The third-order valence-corrected chi connectivity index (χ3v) is 7.36. The molecule has 7 heteroatoms. The Kier molecular flexibility index (Phi) is 9.84. The summed E-state index contributed by atoms with van der Waals surface area (Å²) in [7, 11) is 1.64. The third-order valence-electron chi connectivity index (χ3n) is 7.36. The summed E-state index contributed by atoms with van der Waals surface area (Å²) < 4.78 is 5.30. The minimum absolute atomic E-state index is 0.0146. The normalized spacial score (nSPS) is 10.9. The summed E-state index contributed by atoms with van der Waals surface area (Å²) in [6, 6.07) is 21.6. The van der Waals surface area contributed by atoms with Crippen molar-refractivity contribution in [3.05, 3.63) is 95.2 Å². The molecule has 7 nitrogen and oxygen atoms in total. The molecule has 1 heterocycles. The molecule has 0 bridgehead atoms. The first kappa shape index (κ1) is 28.7. The van der Waals surface area contributed by atoms with Gasteiger partial charge in [-0.3, -0.25) is 4.79 Å². The molecule has 40 heavy (non-hydrogen) atoms. The van der Waals surface area contributed by atoms with Crippen molar-refractivity contribution in [1.82, 2.24) is 14.8 Å². The molecule has 0 aliphatic carbocycles. The second kappa shape index (κ2) is 13.7. The molecule has 1 aromatic heterocycles. The average molecular weight is 541 g/mol. The molecular formula is C33H40N4O3. The van der Waals surface area contributed by atoms with Gasteiger partial charge >= 0.3 is 6.03 Å². The van der Waals surface area contributed by atoms with Crippen LogP contribution in [-0.2, 0) is 17.8 Å². The molecule has 3 aromatic carbocycles. The standard InChI is InChI=1S/C33H40N4O3/c1-5-6-18-37(33(39)35-28-14-11-24(2)25(3)20-28)23-32(38)36(22-26-12-15-29(40-4)16-13-26)19-17-27-21-34-31-10-8-7-9-30(27)31/h7-16,20-21,34H,5-6,17-19,22-23H2,1-4H3,(H,35,39). The number of carbonyl (C=O) groups excluding carboxylic acids is 2. The molecule has 0 aliphatic heterocycles. The van der Waals surface area contributed by atoms with E-state index >= 15 is 0 Å². The van der Waals surface area contributed by atoms with E-state index in [0.717, 1.165) is 46.3 Å². The van der Waals surface area contributed by atoms with E-state index in [1.54, 1.807) is 12.0 Å².